The molecule has 1 rings (SSSR count). The number of halogens is 2. The van der Waals surface area contributed by atoms with Crippen LogP contribution in [-0.2, 0) is 0 Å². The predicted molar refractivity (Wildman–Crippen MR) is 56.2 cm³/mol. The molecule has 0 aliphatic rings. The molecule has 2 nitrogen and oxygen atoms in total. The van der Waals surface area contributed by atoms with Crippen molar-refractivity contribution in [2.45, 2.75) is 19.4 Å². The molecule has 0 saturated heterocycles. The average Bonchev–Trinajstić information content (AvgIpc) is 2.16. The fourth-order valence-corrected chi connectivity index (χ4v) is 1.26. The molecule has 14 heavy (non-hydrogen) atoms. The van der Waals surface area contributed by atoms with Gasteiger partial charge in [-0.05, 0) is 18.6 Å². The summed E-state index contributed by atoms with van der Waals surface area (Å²) in [5.41, 5.74) is 0.252. The molecular formula is C10H13ClFNO. The Balaban J connectivity index is 2.66. The Morgan fingerprint density at radius 1 is 1.57 bits per heavy atom. The lowest BCUT2D eigenvalue weighted by molar-refractivity contribution is 0.183. The summed E-state index contributed by atoms with van der Waals surface area (Å²) in [6.45, 7) is 2.16. The summed E-state index contributed by atoms with van der Waals surface area (Å²) in [6.07, 6.45) is 0.143. The zero-order chi connectivity index (χ0) is 10.6. The van der Waals surface area contributed by atoms with Crippen LogP contribution in [0.2, 0.25) is 5.02 Å². The molecule has 0 unspecified atom stereocenters. The van der Waals surface area contributed by atoms with Crippen LogP contribution in [0.5, 0.6) is 0 Å². The van der Waals surface area contributed by atoms with Crippen molar-refractivity contribution in [2.24, 2.45) is 0 Å². The SMILES string of the molecule is CC[C@H](O)CNc1c(F)cccc1Cl. The van der Waals surface area contributed by atoms with Crippen LogP contribution >= 0.6 is 11.6 Å². The molecule has 0 aromatic heterocycles. The van der Waals surface area contributed by atoms with Crippen LogP contribution in [-0.4, -0.2) is 17.8 Å². The third kappa shape index (κ3) is 2.86. The summed E-state index contributed by atoms with van der Waals surface area (Å²) >= 11 is 5.77. The fourth-order valence-electron chi connectivity index (χ4n) is 1.03. The maximum Gasteiger partial charge on any atom is 0.147 e. The fraction of sp³-hybridized carbons (Fsp3) is 0.400. The van der Waals surface area contributed by atoms with Gasteiger partial charge in [-0.1, -0.05) is 24.6 Å². The van der Waals surface area contributed by atoms with Crippen LogP contribution in [0.4, 0.5) is 10.1 Å². The van der Waals surface area contributed by atoms with Crippen molar-refractivity contribution in [3.05, 3.63) is 29.0 Å². The molecule has 1 aromatic carbocycles. The summed E-state index contributed by atoms with van der Waals surface area (Å²) in [6, 6.07) is 4.47. The Morgan fingerprint density at radius 3 is 2.86 bits per heavy atom. The van der Waals surface area contributed by atoms with Gasteiger partial charge in [-0.15, -0.1) is 0 Å². The molecule has 0 radical (unpaired) electrons. The van der Waals surface area contributed by atoms with E-state index in [1.54, 1.807) is 12.1 Å². The van der Waals surface area contributed by atoms with Gasteiger partial charge in [0, 0.05) is 6.54 Å². The Labute approximate surface area is 87.7 Å². The van der Waals surface area contributed by atoms with Crippen molar-refractivity contribution in [3.8, 4) is 0 Å². The van der Waals surface area contributed by atoms with Crippen molar-refractivity contribution in [1.82, 2.24) is 0 Å². The lowest BCUT2D eigenvalue weighted by Gasteiger charge is -2.12. The van der Waals surface area contributed by atoms with Crippen LogP contribution in [0.1, 0.15) is 13.3 Å². The number of aliphatic hydroxyl groups excluding tert-OH is 1. The number of hydrogen-bond acceptors (Lipinski definition) is 2. The number of anilines is 1. The van der Waals surface area contributed by atoms with Gasteiger partial charge in [0.15, 0.2) is 0 Å². The quantitative estimate of drug-likeness (QED) is 0.813. The highest BCUT2D eigenvalue weighted by Gasteiger charge is 2.07. The minimum absolute atomic E-state index is 0.252. The van der Waals surface area contributed by atoms with Crippen LogP contribution in [0.25, 0.3) is 0 Å². The zero-order valence-corrected chi connectivity index (χ0v) is 8.68. The third-order valence-electron chi connectivity index (χ3n) is 1.95. The minimum atomic E-state index is -0.481. The first-order chi connectivity index (χ1) is 6.65. The zero-order valence-electron chi connectivity index (χ0n) is 7.93. The second-order valence-electron chi connectivity index (χ2n) is 3.04. The first-order valence-corrected chi connectivity index (χ1v) is 4.89. The van der Waals surface area contributed by atoms with E-state index in [1.165, 1.54) is 6.07 Å². The van der Waals surface area contributed by atoms with Gasteiger partial charge in [0.05, 0.1) is 16.8 Å². The van der Waals surface area contributed by atoms with Gasteiger partial charge in [0.1, 0.15) is 5.82 Å². The molecule has 0 bridgehead atoms. The number of hydrogen-bond donors (Lipinski definition) is 2. The molecule has 0 heterocycles. The normalized spacial score (nSPS) is 12.6. The second kappa shape index (κ2) is 5.17. The van der Waals surface area contributed by atoms with Gasteiger partial charge in [-0.25, -0.2) is 4.39 Å². The number of para-hydroxylation sites is 1. The van der Waals surface area contributed by atoms with Crippen molar-refractivity contribution in [2.75, 3.05) is 11.9 Å². The topological polar surface area (TPSA) is 32.3 Å². The van der Waals surface area contributed by atoms with Crippen molar-refractivity contribution in [1.29, 1.82) is 0 Å². The molecule has 0 aliphatic carbocycles. The monoisotopic (exact) mass is 217 g/mol. The maximum atomic E-state index is 13.2. The Bertz CT molecular complexity index is 286. The molecular weight excluding hydrogens is 205 g/mol. The Morgan fingerprint density at radius 2 is 2.29 bits per heavy atom. The summed E-state index contributed by atoms with van der Waals surface area (Å²) in [5.74, 6) is -0.402. The van der Waals surface area contributed by atoms with Gasteiger partial charge < -0.3 is 10.4 Å². The first-order valence-electron chi connectivity index (χ1n) is 4.51. The molecule has 0 amide bonds. The van der Waals surface area contributed by atoms with Gasteiger partial charge in [0.25, 0.3) is 0 Å². The number of aliphatic hydroxyl groups is 1. The van der Waals surface area contributed by atoms with Gasteiger partial charge in [-0.2, -0.15) is 0 Å². The van der Waals surface area contributed by atoms with Crippen LogP contribution in [0.15, 0.2) is 18.2 Å². The third-order valence-corrected chi connectivity index (χ3v) is 2.26. The van der Waals surface area contributed by atoms with E-state index in [4.69, 9.17) is 11.6 Å². The van der Waals surface area contributed by atoms with Crippen LogP contribution in [0.3, 0.4) is 0 Å². The Hall–Kier alpha value is -0.800. The highest BCUT2D eigenvalue weighted by atomic mass is 35.5. The number of benzene rings is 1. The van der Waals surface area contributed by atoms with E-state index >= 15 is 0 Å². The molecule has 0 saturated carbocycles. The molecule has 1 aromatic rings. The lowest BCUT2D eigenvalue weighted by atomic mass is 10.2. The predicted octanol–water partition coefficient (Wildman–Crippen LogP) is 2.66. The molecule has 0 spiro atoms. The first kappa shape index (κ1) is 11.3. The van der Waals surface area contributed by atoms with E-state index in [9.17, 15) is 9.50 Å². The molecule has 0 aliphatic heterocycles. The summed E-state index contributed by atoms with van der Waals surface area (Å²) in [7, 11) is 0. The van der Waals surface area contributed by atoms with Gasteiger partial charge in [0.2, 0.25) is 0 Å². The van der Waals surface area contributed by atoms with E-state index in [1.807, 2.05) is 6.92 Å². The van der Waals surface area contributed by atoms with Crippen molar-refractivity contribution < 1.29 is 9.50 Å². The average molecular weight is 218 g/mol. The largest absolute Gasteiger partial charge is 0.391 e. The van der Waals surface area contributed by atoms with Gasteiger partial charge >= 0.3 is 0 Å². The van der Waals surface area contributed by atoms with Gasteiger partial charge in [-0.3, -0.25) is 0 Å². The molecule has 2 N–H and O–H groups in total. The van der Waals surface area contributed by atoms with Crippen molar-refractivity contribution >= 4 is 17.3 Å². The summed E-state index contributed by atoms with van der Waals surface area (Å²) in [4.78, 5) is 0. The standard InChI is InChI=1S/C10H13ClFNO/c1-2-7(14)6-13-10-8(11)4-3-5-9(10)12/h3-5,7,13-14H,2,6H2,1H3/t7-/m0/s1. The lowest BCUT2D eigenvalue weighted by Crippen LogP contribution is -2.18. The smallest absolute Gasteiger partial charge is 0.147 e. The minimum Gasteiger partial charge on any atom is -0.391 e. The van der Waals surface area contributed by atoms with Crippen LogP contribution < -0.4 is 5.32 Å². The van der Waals surface area contributed by atoms with Crippen LogP contribution in [0, 0.1) is 5.82 Å². The van der Waals surface area contributed by atoms with E-state index < -0.39 is 11.9 Å². The number of rotatable bonds is 4. The summed E-state index contributed by atoms with van der Waals surface area (Å²) < 4.78 is 13.2. The second-order valence-corrected chi connectivity index (χ2v) is 3.45. The Kier molecular flexibility index (Phi) is 4.17. The highest BCUT2D eigenvalue weighted by molar-refractivity contribution is 6.33. The molecule has 78 valence electrons. The number of nitrogens with one attached hydrogen (secondary N) is 1. The molecule has 1 atom stereocenters. The van der Waals surface area contributed by atoms with E-state index in [2.05, 4.69) is 5.32 Å². The van der Waals surface area contributed by atoms with E-state index in [-0.39, 0.29) is 5.69 Å². The highest BCUT2D eigenvalue weighted by Crippen LogP contribution is 2.24. The van der Waals surface area contributed by atoms with Crippen molar-refractivity contribution in [3.63, 3.8) is 0 Å². The molecule has 0 fully saturated rings. The maximum absolute atomic E-state index is 13.2. The summed E-state index contributed by atoms with van der Waals surface area (Å²) in [5, 5.41) is 12.4. The molecule has 4 heteroatoms. The van der Waals surface area contributed by atoms with E-state index in [0.29, 0.717) is 18.0 Å². The van der Waals surface area contributed by atoms with E-state index in [0.717, 1.165) is 0 Å².